The van der Waals surface area contributed by atoms with Gasteiger partial charge in [0, 0.05) is 95.0 Å². The Kier molecular flexibility index (Phi) is 29.2. The number of benzene rings is 2. The van der Waals surface area contributed by atoms with Crippen LogP contribution in [0.3, 0.4) is 0 Å². The minimum absolute atomic E-state index is 0.0624. The van der Waals surface area contributed by atoms with Crippen molar-refractivity contribution in [1.82, 2.24) is 59.6 Å². The van der Waals surface area contributed by atoms with E-state index in [0.717, 1.165) is 55.8 Å². The van der Waals surface area contributed by atoms with Crippen LogP contribution >= 0.6 is 0 Å². The van der Waals surface area contributed by atoms with Crippen molar-refractivity contribution in [2.45, 2.75) is 222 Å². The van der Waals surface area contributed by atoms with E-state index in [4.69, 9.17) is 4.74 Å². The SMILES string of the molecule is CCC[C@H]1C(=O)N[C@@H]([C@@H](C)CC)C(=O)N(C)CC(=O)N(C)[C@@H]2C/C=C\CCN(C2=O)[C@@H](Cc2ccc(C(F)(F)F)cc2)C(=O)N(C)CC(=O)N[C@@H](CCc2cc(F)c(C(F)(F)F)c(F)c2)C(=O)N2C[C@H](OCC)C[C@H]2C(=O)N(C)C2(CCC2)C(=O)N(C)[C@@H](C2CCCC2)C(=O)N(C)[C@H](C(=O)N2CCCC2)CC(=O)N1C. The van der Waals surface area contributed by atoms with E-state index in [1.54, 1.807) is 44.7 Å². The molecule has 3 saturated heterocycles. The highest BCUT2D eigenvalue weighted by molar-refractivity contribution is 6.01. The first-order valence-electron chi connectivity index (χ1n) is 38.1. The number of hydrogen-bond donors (Lipinski definition) is 2. The number of nitrogens with one attached hydrogen (secondary N) is 2. The Hall–Kier alpha value is -8.78. The molecule has 608 valence electrons. The summed E-state index contributed by atoms with van der Waals surface area (Å²) >= 11 is 0. The summed E-state index contributed by atoms with van der Waals surface area (Å²) in [5.74, 6) is -14.7. The highest BCUT2D eigenvalue weighted by Gasteiger charge is 2.57. The number of likely N-dealkylation sites (N-methyl/N-ethyl adjacent to an activating group) is 7. The smallest absolute Gasteiger partial charge is 0.377 e. The summed E-state index contributed by atoms with van der Waals surface area (Å²) in [6.07, 6.45) is -5.54. The zero-order chi connectivity index (χ0) is 81.2. The number of rotatable bonds is 13. The number of carbonyl (C=O) groups is 12. The predicted molar refractivity (Wildman–Crippen MR) is 386 cm³/mol. The molecule has 0 aromatic heterocycles. The Labute approximate surface area is 637 Å². The lowest BCUT2D eigenvalue weighted by molar-refractivity contribution is -0.166. The minimum atomic E-state index is -5.46. The topological polar surface area (TPSA) is 271 Å². The molecule has 2 saturated carbocycles. The van der Waals surface area contributed by atoms with Crippen LogP contribution in [0.4, 0.5) is 35.1 Å². The standard InChI is InChI=1S/C77H106F8N12O13/c1-12-23-55-66(101)87-64(46(4)13-2)72(107)89(6)45-62(100)91(8)56-26-16-15-19-37-96(71(56)106)58(40-47-27-30-50(31-28-47)76(80,81)82)68(103)88(5)44-60(98)86-54(32-29-48-38-52(78)63(53(79)39-48)77(83,84)85)67(102)97-43-51(110-14-3)41-59(97)69(104)94(11)75(33-22-34-75)74(109)93(10)65(49-24-17-18-25-49)73(108)92(9)57(42-61(99)90(55)7)70(105)95-35-20-21-36-95/h15-16,27-28,30-31,38-39,46,49,51,54-59,64-65H,12-14,17-26,29,32-37,40-45H2,1-11H3,(H,86,98)(H,87,101)/b16-15-/t46-,51+,54-,55-,56+,57-,58-,59-,64-,65-/m0/s1. The second-order valence-electron chi connectivity index (χ2n) is 30.3. The second kappa shape index (κ2) is 37.0. The fourth-order valence-corrected chi connectivity index (χ4v) is 16.1. The lowest BCUT2D eigenvalue weighted by Gasteiger charge is -2.51. The van der Waals surface area contributed by atoms with Gasteiger partial charge in [-0.3, -0.25) is 57.5 Å². The molecule has 10 atom stereocenters. The third kappa shape index (κ3) is 19.7. The van der Waals surface area contributed by atoms with Crippen molar-refractivity contribution in [3.8, 4) is 0 Å². The molecule has 110 heavy (non-hydrogen) atoms. The Morgan fingerprint density at radius 2 is 1.25 bits per heavy atom. The molecule has 25 nitrogen and oxygen atoms in total. The van der Waals surface area contributed by atoms with E-state index >= 15 is 42.3 Å². The number of ether oxygens (including phenoxy) is 1. The molecule has 2 N–H and O–H groups in total. The number of likely N-dealkylation sites (tertiary alicyclic amines) is 1. The van der Waals surface area contributed by atoms with Crippen LogP contribution in [0.25, 0.3) is 0 Å². The number of halogens is 8. The Morgan fingerprint density at radius 1 is 0.627 bits per heavy atom. The summed E-state index contributed by atoms with van der Waals surface area (Å²) in [6.45, 7) is 5.39. The lowest BCUT2D eigenvalue weighted by atomic mass is 9.73. The zero-order valence-corrected chi connectivity index (χ0v) is 64.7. The van der Waals surface area contributed by atoms with Gasteiger partial charge in [-0.2, -0.15) is 26.3 Å². The zero-order valence-electron chi connectivity index (χ0n) is 64.7. The maximum absolute atomic E-state index is 15.8. The van der Waals surface area contributed by atoms with Crippen molar-refractivity contribution in [2.24, 2.45) is 11.8 Å². The summed E-state index contributed by atoms with van der Waals surface area (Å²) in [4.78, 5) is 194. The predicted octanol–water partition coefficient (Wildman–Crippen LogP) is 6.37. The third-order valence-electron chi connectivity index (χ3n) is 23.1. The van der Waals surface area contributed by atoms with Crippen molar-refractivity contribution in [1.29, 1.82) is 0 Å². The van der Waals surface area contributed by atoms with E-state index < -0.39 is 222 Å². The normalized spacial score (nSPS) is 26.6. The molecule has 6 aliphatic rings. The van der Waals surface area contributed by atoms with Crippen LogP contribution in [0.2, 0.25) is 0 Å². The van der Waals surface area contributed by atoms with Crippen LogP contribution in [0.15, 0.2) is 48.6 Å². The van der Waals surface area contributed by atoms with Gasteiger partial charge in [0.2, 0.25) is 70.9 Å². The summed E-state index contributed by atoms with van der Waals surface area (Å²) in [6, 6.07) is -7.13. The number of fused-ring (bicyclic) bond motifs is 3. The average molecular weight is 1560 g/mol. The molecule has 1 spiro atoms. The molecular formula is C77H106F8N12O13. The van der Waals surface area contributed by atoms with Gasteiger partial charge in [-0.1, -0.05) is 70.7 Å². The number of alkyl halides is 6. The van der Waals surface area contributed by atoms with E-state index in [-0.39, 0.29) is 63.8 Å². The first kappa shape index (κ1) is 86.8. The molecule has 2 bridgehead atoms. The van der Waals surface area contributed by atoms with Gasteiger partial charge in [-0.05, 0) is 131 Å². The van der Waals surface area contributed by atoms with Gasteiger partial charge in [-0.15, -0.1) is 0 Å². The van der Waals surface area contributed by atoms with Gasteiger partial charge < -0.3 is 64.4 Å². The first-order chi connectivity index (χ1) is 51.8. The van der Waals surface area contributed by atoms with Gasteiger partial charge in [0.15, 0.2) is 0 Å². The molecule has 12 amide bonds. The van der Waals surface area contributed by atoms with Crippen molar-refractivity contribution in [2.75, 3.05) is 95.2 Å². The molecule has 5 fully saturated rings. The molecule has 0 unspecified atom stereocenters. The molecule has 2 aliphatic carbocycles. The van der Waals surface area contributed by atoms with Crippen LogP contribution < -0.4 is 10.6 Å². The minimum Gasteiger partial charge on any atom is -0.377 e. The second-order valence-corrected chi connectivity index (χ2v) is 30.3. The molecule has 8 rings (SSSR count). The van der Waals surface area contributed by atoms with E-state index in [1.807, 2.05) is 0 Å². The number of nitrogens with zero attached hydrogens (tertiary/aromatic N) is 10. The third-order valence-corrected chi connectivity index (χ3v) is 23.1. The Morgan fingerprint density at radius 3 is 1.83 bits per heavy atom. The van der Waals surface area contributed by atoms with Crippen molar-refractivity contribution >= 4 is 70.9 Å². The van der Waals surface area contributed by atoms with Crippen molar-refractivity contribution in [3.63, 3.8) is 0 Å². The Balaban J connectivity index is 1.24. The summed E-state index contributed by atoms with van der Waals surface area (Å²) in [5.41, 5.74) is -5.18. The van der Waals surface area contributed by atoms with Crippen molar-refractivity contribution < 1.29 is 97.4 Å². The van der Waals surface area contributed by atoms with Crippen LogP contribution in [0.1, 0.15) is 159 Å². The monoisotopic (exact) mass is 1560 g/mol. The number of aryl methyl sites for hydroxylation is 1. The summed E-state index contributed by atoms with van der Waals surface area (Å²) in [7, 11) is 9.33. The first-order valence-corrected chi connectivity index (χ1v) is 38.1. The fourth-order valence-electron chi connectivity index (χ4n) is 16.1. The Bertz CT molecular complexity index is 3710. The van der Waals surface area contributed by atoms with Crippen LogP contribution in [0, 0.1) is 23.5 Å². The quantitative estimate of drug-likeness (QED) is 0.163. The van der Waals surface area contributed by atoms with Crippen molar-refractivity contribution in [3.05, 3.63) is 82.4 Å². The van der Waals surface area contributed by atoms with Gasteiger partial charge in [-0.25, -0.2) is 8.78 Å². The molecule has 2 aromatic rings. The largest absolute Gasteiger partial charge is 0.422 e. The van der Waals surface area contributed by atoms with Gasteiger partial charge in [0.05, 0.1) is 31.2 Å². The maximum Gasteiger partial charge on any atom is 0.422 e. The van der Waals surface area contributed by atoms with Gasteiger partial charge in [0.25, 0.3) is 0 Å². The van der Waals surface area contributed by atoms with E-state index in [2.05, 4.69) is 10.6 Å². The van der Waals surface area contributed by atoms with E-state index in [1.165, 1.54) is 61.9 Å². The molecule has 4 heterocycles. The van der Waals surface area contributed by atoms with Crippen LogP contribution in [-0.2, 0) is 87.5 Å². The van der Waals surface area contributed by atoms with Gasteiger partial charge in [0.1, 0.15) is 71.1 Å². The van der Waals surface area contributed by atoms with E-state index in [0.29, 0.717) is 83.0 Å². The molecular weight excluding hydrogens is 1450 g/mol. The average Bonchev–Trinajstić information content (AvgIpc) is 1.10. The number of carbonyl (C=O) groups excluding carboxylic acids is 12. The highest BCUT2D eigenvalue weighted by atomic mass is 19.4. The van der Waals surface area contributed by atoms with Crippen LogP contribution in [0.5, 0.6) is 0 Å². The fraction of sp³-hybridized carbons (Fsp3) is 0.662. The maximum atomic E-state index is 15.8. The summed E-state index contributed by atoms with van der Waals surface area (Å²) < 4.78 is 120. The molecule has 2 aromatic carbocycles. The molecule has 33 heteroatoms. The lowest BCUT2D eigenvalue weighted by Crippen LogP contribution is -2.68. The number of amides is 12. The molecule has 0 radical (unpaired) electrons. The highest BCUT2D eigenvalue weighted by Crippen LogP contribution is 2.43. The van der Waals surface area contributed by atoms with E-state index in [9.17, 15) is 50.3 Å². The molecule has 4 aliphatic heterocycles. The summed E-state index contributed by atoms with van der Waals surface area (Å²) in [5, 5.41) is 5.41. The number of hydrogen-bond acceptors (Lipinski definition) is 13. The van der Waals surface area contributed by atoms with Crippen LogP contribution in [-0.4, -0.2) is 275 Å². The van der Waals surface area contributed by atoms with Gasteiger partial charge >= 0.3 is 12.4 Å².